The molecule has 0 saturated carbocycles. The van der Waals surface area contributed by atoms with Crippen molar-refractivity contribution in [1.29, 1.82) is 0 Å². The van der Waals surface area contributed by atoms with E-state index in [2.05, 4.69) is 31.3 Å². The van der Waals surface area contributed by atoms with E-state index in [4.69, 9.17) is 0 Å². The Bertz CT molecular complexity index is 1170. The Kier molecular flexibility index (Phi) is 6.99. The molecule has 1 heterocycles. The van der Waals surface area contributed by atoms with Crippen LogP contribution in [0.25, 0.3) is 0 Å². The molecule has 4 rings (SSSR count). The Labute approximate surface area is 199 Å². The summed E-state index contributed by atoms with van der Waals surface area (Å²) in [5.41, 5.74) is 4.60. The lowest BCUT2D eigenvalue weighted by atomic mass is 10.0. The van der Waals surface area contributed by atoms with Gasteiger partial charge in [-0.25, -0.2) is 0 Å². The van der Waals surface area contributed by atoms with E-state index in [9.17, 15) is 9.59 Å². The van der Waals surface area contributed by atoms with Crippen LogP contribution in [0.2, 0.25) is 0 Å². The Morgan fingerprint density at radius 2 is 1.52 bits per heavy atom. The highest BCUT2D eigenvalue weighted by Crippen LogP contribution is 2.36. The SMILES string of the molecule is Cc1ccc(SC2=C(Nc3ccc(C(C)C)cc3)C(=O)N(CCc3ccccc3)C2=O)cc1. The number of hydrogen-bond acceptors (Lipinski definition) is 4. The number of aryl methyl sites for hydroxylation is 1. The van der Waals surface area contributed by atoms with E-state index < -0.39 is 0 Å². The topological polar surface area (TPSA) is 49.4 Å². The molecule has 0 atom stereocenters. The van der Waals surface area contributed by atoms with Crippen LogP contribution in [0.5, 0.6) is 0 Å². The molecule has 0 aromatic heterocycles. The number of amides is 2. The number of anilines is 1. The highest BCUT2D eigenvalue weighted by Gasteiger charge is 2.38. The molecule has 0 unspecified atom stereocenters. The molecule has 3 aromatic rings. The molecule has 1 N–H and O–H groups in total. The average molecular weight is 457 g/mol. The van der Waals surface area contributed by atoms with Crippen LogP contribution in [-0.4, -0.2) is 23.3 Å². The first kappa shape index (κ1) is 22.9. The van der Waals surface area contributed by atoms with Gasteiger partial charge in [0.05, 0.1) is 0 Å². The van der Waals surface area contributed by atoms with Crippen molar-refractivity contribution in [2.45, 2.75) is 38.0 Å². The first-order valence-corrected chi connectivity index (χ1v) is 12.0. The summed E-state index contributed by atoms with van der Waals surface area (Å²) < 4.78 is 0. The number of rotatable bonds is 8. The normalized spacial score (nSPS) is 13.9. The zero-order valence-electron chi connectivity index (χ0n) is 19.2. The lowest BCUT2D eigenvalue weighted by Gasteiger charge is -2.15. The molecule has 0 spiro atoms. The molecule has 0 radical (unpaired) electrons. The highest BCUT2D eigenvalue weighted by molar-refractivity contribution is 8.04. The van der Waals surface area contributed by atoms with Gasteiger partial charge < -0.3 is 5.32 Å². The first-order valence-electron chi connectivity index (χ1n) is 11.2. The van der Waals surface area contributed by atoms with Crippen LogP contribution in [0.3, 0.4) is 0 Å². The summed E-state index contributed by atoms with van der Waals surface area (Å²) in [6.45, 7) is 6.66. The third-order valence-corrected chi connectivity index (χ3v) is 6.77. The molecule has 168 valence electrons. The van der Waals surface area contributed by atoms with Crippen molar-refractivity contribution in [1.82, 2.24) is 4.90 Å². The fourth-order valence-corrected chi connectivity index (χ4v) is 4.61. The summed E-state index contributed by atoms with van der Waals surface area (Å²) in [6, 6.07) is 25.9. The Morgan fingerprint density at radius 3 is 2.15 bits per heavy atom. The van der Waals surface area contributed by atoms with Gasteiger partial charge in [-0.3, -0.25) is 14.5 Å². The minimum absolute atomic E-state index is 0.247. The van der Waals surface area contributed by atoms with Gasteiger partial charge in [0.25, 0.3) is 11.8 Å². The minimum atomic E-state index is -0.279. The Morgan fingerprint density at radius 1 is 0.848 bits per heavy atom. The van der Waals surface area contributed by atoms with E-state index in [-0.39, 0.29) is 11.8 Å². The van der Waals surface area contributed by atoms with Crippen molar-refractivity contribution in [3.63, 3.8) is 0 Å². The van der Waals surface area contributed by atoms with Crippen molar-refractivity contribution in [2.75, 3.05) is 11.9 Å². The second kappa shape index (κ2) is 10.1. The summed E-state index contributed by atoms with van der Waals surface area (Å²) in [4.78, 5) is 29.4. The maximum absolute atomic E-state index is 13.3. The molecule has 1 aliphatic rings. The van der Waals surface area contributed by atoms with Gasteiger partial charge in [0.1, 0.15) is 10.6 Å². The molecular weight excluding hydrogens is 428 g/mol. The third-order valence-electron chi connectivity index (χ3n) is 5.68. The van der Waals surface area contributed by atoms with E-state index in [1.54, 1.807) is 0 Å². The van der Waals surface area contributed by atoms with Gasteiger partial charge in [-0.2, -0.15) is 0 Å². The standard InChI is InChI=1S/C28H28N2O2S/c1-19(2)22-11-13-23(14-12-22)29-25-26(33-24-15-9-20(3)10-16-24)28(32)30(27(25)31)18-17-21-7-5-4-6-8-21/h4-16,19,29H,17-18H2,1-3H3. The van der Waals surface area contributed by atoms with E-state index >= 15 is 0 Å². The number of carbonyl (C=O) groups is 2. The largest absolute Gasteiger partial charge is 0.350 e. The molecule has 2 amide bonds. The van der Waals surface area contributed by atoms with Crippen LogP contribution >= 0.6 is 11.8 Å². The fourth-order valence-electron chi connectivity index (χ4n) is 3.67. The fraction of sp³-hybridized carbons (Fsp3) is 0.214. The van der Waals surface area contributed by atoms with Gasteiger partial charge in [0, 0.05) is 17.1 Å². The van der Waals surface area contributed by atoms with Crippen molar-refractivity contribution < 1.29 is 9.59 Å². The number of thioether (sulfide) groups is 1. The van der Waals surface area contributed by atoms with Gasteiger partial charge in [0.2, 0.25) is 0 Å². The number of hydrogen-bond donors (Lipinski definition) is 1. The summed E-state index contributed by atoms with van der Waals surface area (Å²) in [7, 11) is 0. The molecule has 4 nitrogen and oxygen atoms in total. The van der Waals surface area contributed by atoms with E-state index in [0.29, 0.717) is 29.5 Å². The van der Waals surface area contributed by atoms with Crippen molar-refractivity contribution in [2.24, 2.45) is 0 Å². The number of nitrogens with one attached hydrogen (secondary N) is 1. The van der Waals surface area contributed by atoms with Gasteiger partial charge in [-0.05, 0) is 54.7 Å². The number of benzene rings is 3. The van der Waals surface area contributed by atoms with Gasteiger partial charge in [-0.1, -0.05) is 85.8 Å². The summed E-state index contributed by atoms with van der Waals surface area (Å²) in [6.07, 6.45) is 0.622. The van der Waals surface area contributed by atoms with Crippen molar-refractivity contribution in [3.8, 4) is 0 Å². The predicted octanol–water partition coefficient (Wildman–Crippen LogP) is 6.15. The number of imide groups is 1. The van der Waals surface area contributed by atoms with Crippen LogP contribution < -0.4 is 5.32 Å². The molecule has 0 fully saturated rings. The maximum atomic E-state index is 13.3. The zero-order chi connectivity index (χ0) is 23.4. The quantitative estimate of drug-likeness (QED) is 0.413. The Hall–Kier alpha value is -3.31. The molecule has 33 heavy (non-hydrogen) atoms. The third kappa shape index (κ3) is 5.37. The first-order chi connectivity index (χ1) is 15.9. The second-order valence-corrected chi connectivity index (χ2v) is 9.60. The Balaban J connectivity index is 1.60. The average Bonchev–Trinajstić information content (AvgIpc) is 3.04. The number of carbonyl (C=O) groups excluding carboxylic acids is 2. The highest BCUT2D eigenvalue weighted by atomic mass is 32.2. The second-order valence-electron chi connectivity index (χ2n) is 8.52. The monoisotopic (exact) mass is 456 g/mol. The summed E-state index contributed by atoms with van der Waals surface area (Å²) in [5, 5.41) is 3.24. The van der Waals surface area contributed by atoms with Crippen LogP contribution in [0.4, 0.5) is 5.69 Å². The van der Waals surface area contributed by atoms with E-state index in [1.807, 2.05) is 73.7 Å². The van der Waals surface area contributed by atoms with Gasteiger partial charge in [-0.15, -0.1) is 0 Å². The van der Waals surface area contributed by atoms with Crippen molar-refractivity contribution in [3.05, 3.63) is 106 Å². The minimum Gasteiger partial charge on any atom is -0.350 e. The van der Waals surface area contributed by atoms with Gasteiger partial charge >= 0.3 is 0 Å². The molecule has 0 aliphatic carbocycles. The van der Waals surface area contributed by atoms with Crippen LogP contribution in [-0.2, 0) is 16.0 Å². The molecule has 5 heteroatoms. The van der Waals surface area contributed by atoms with E-state index in [0.717, 1.165) is 21.7 Å². The predicted molar refractivity (Wildman–Crippen MR) is 135 cm³/mol. The summed E-state index contributed by atoms with van der Waals surface area (Å²) in [5.74, 6) is -0.102. The van der Waals surface area contributed by atoms with E-state index in [1.165, 1.54) is 22.2 Å². The number of nitrogens with zero attached hydrogens (tertiary/aromatic N) is 1. The molecule has 1 aliphatic heterocycles. The molecular formula is C28H28N2O2S. The van der Waals surface area contributed by atoms with Gasteiger partial charge in [0.15, 0.2) is 0 Å². The zero-order valence-corrected chi connectivity index (χ0v) is 20.0. The van der Waals surface area contributed by atoms with Crippen molar-refractivity contribution >= 4 is 29.3 Å². The van der Waals surface area contributed by atoms with Crippen LogP contribution in [0.1, 0.15) is 36.5 Å². The van der Waals surface area contributed by atoms with Crippen LogP contribution in [0, 0.1) is 6.92 Å². The molecule has 0 saturated heterocycles. The molecule has 0 bridgehead atoms. The summed E-state index contributed by atoms with van der Waals surface area (Å²) >= 11 is 1.34. The van der Waals surface area contributed by atoms with Crippen LogP contribution in [0.15, 0.2) is 94.4 Å². The lowest BCUT2D eigenvalue weighted by Crippen LogP contribution is -2.34. The smallest absolute Gasteiger partial charge is 0.278 e. The molecule has 3 aromatic carbocycles. The maximum Gasteiger partial charge on any atom is 0.278 e. The lowest BCUT2D eigenvalue weighted by molar-refractivity contribution is -0.137.